The summed E-state index contributed by atoms with van der Waals surface area (Å²) in [5.41, 5.74) is 19.9. The Kier molecular flexibility index (Phi) is 27.6. The number of nitrogens with zero attached hydrogens (tertiary/aromatic N) is 12. The van der Waals surface area contributed by atoms with Crippen molar-refractivity contribution >= 4 is 124 Å². The molecule has 0 saturated carbocycles. The Morgan fingerprint density at radius 1 is 0.519 bits per heavy atom. The molecule has 11 aliphatic rings. The molecule has 3 fully saturated rings. The minimum Gasteiger partial charge on any atom is -0.384 e. The quantitative estimate of drug-likeness (QED) is 0.0811. The second kappa shape index (κ2) is 39.7. The van der Waals surface area contributed by atoms with Gasteiger partial charge in [0.05, 0.1) is 51.4 Å². The first-order valence-corrected chi connectivity index (χ1v) is 51.1. The van der Waals surface area contributed by atoms with E-state index < -0.39 is 0 Å². The van der Waals surface area contributed by atoms with Crippen molar-refractivity contribution in [3.05, 3.63) is 227 Å². The maximum Gasteiger partial charge on any atom is 0.263 e. The van der Waals surface area contributed by atoms with E-state index in [1.807, 2.05) is 49.3 Å². The van der Waals surface area contributed by atoms with Gasteiger partial charge in [-0.1, -0.05) is 202 Å². The van der Waals surface area contributed by atoms with Crippen LogP contribution in [0.4, 0.5) is 47.8 Å². The zero-order valence-corrected chi connectivity index (χ0v) is 81.8. The van der Waals surface area contributed by atoms with Gasteiger partial charge in [-0.15, -0.1) is 0 Å². The molecule has 694 valence electrons. The van der Waals surface area contributed by atoms with Gasteiger partial charge in [-0.2, -0.15) is 0 Å². The number of Topliss-reactive ketones (excluding diaryl/α,β-unsaturated/α-hetero) is 3. The van der Waals surface area contributed by atoms with Gasteiger partial charge in [0, 0.05) is 131 Å². The molecular formula is C107H124FN15O6S4. The molecule has 0 spiro atoms. The van der Waals surface area contributed by atoms with Gasteiger partial charge < -0.3 is 50.1 Å². The van der Waals surface area contributed by atoms with E-state index in [1.165, 1.54) is 112 Å². The van der Waals surface area contributed by atoms with Crippen LogP contribution in [-0.4, -0.2) is 168 Å². The smallest absolute Gasteiger partial charge is 0.263 e. The molecule has 133 heavy (non-hydrogen) atoms. The van der Waals surface area contributed by atoms with E-state index in [2.05, 4.69) is 215 Å². The summed E-state index contributed by atoms with van der Waals surface area (Å²) in [6.07, 6.45) is 23.7. The number of thiazole rings is 4. The standard InChI is InChI=1S/C24H24N2OS.C23H27FN4O2.C23H30N4OS.C23H23N3OS.C14H20N2OS/c1-24(2)14-19-22(21(27)15-24)28-23(25-19)26-12-6-9-17-10-11-18(13-20(17)26)16-7-4-3-5-8-16;1-27(2)8-4-7-21(29)23-25-20(15-22(26-23)28-9-11-30-12-10-28)19-14-17(24)13-16-5-3-6-18(16)19;1-23(2)12-19-20(21(28)25-14-23)29-22(26-19)27-10-6-5-7-16(27)11-15-13-24-18-9-4-3-8-17(15)18;1-23(2)14-18-20(21(27)25-23)28-22(24-18)26-12-6-9-16-10-11-17(13-19(16)26)15-7-4-3-5-8-15;1-14(2)8-10-12(11(17)9-14)18-13(15-10)16-6-4-3-5-7-16/h3-5,7-8,10-11,13H,6,9,12,14-15H2,1-2H3;3,6,13-15H,4-5,7-12H2,1-2H3;3-4,8-9,15-16,24H,5-7,10-14H2,1-2H3,(H,25,28);3-5,7-8,10-11,13H,6,9,12,14H2,1-2H3,(H,25,27);3-9H2,1-2H3/t;;15?,16-;;/m..1../s1. The highest BCUT2D eigenvalue weighted by Crippen LogP contribution is 2.48. The molecule has 3 N–H and O–H groups in total. The van der Waals surface area contributed by atoms with Crippen molar-refractivity contribution in [2.45, 2.75) is 201 Å². The van der Waals surface area contributed by atoms with Gasteiger partial charge in [-0.25, -0.2) is 34.3 Å². The van der Waals surface area contributed by atoms with Crippen LogP contribution in [0.3, 0.4) is 0 Å². The summed E-state index contributed by atoms with van der Waals surface area (Å²) in [4.78, 5) is 109. The maximum absolute atomic E-state index is 14.3. The lowest BCUT2D eigenvalue weighted by atomic mass is 9.78. The van der Waals surface area contributed by atoms with Crippen molar-refractivity contribution in [3.8, 4) is 33.5 Å². The Morgan fingerprint density at radius 2 is 1.08 bits per heavy atom. The molecule has 2 amide bonds. The average Bonchev–Trinajstić information content (AvgIpc) is 1.65. The van der Waals surface area contributed by atoms with Gasteiger partial charge in [-0.05, 0) is 234 Å². The van der Waals surface area contributed by atoms with E-state index in [1.54, 1.807) is 40.1 Å². The van der Waals surface area contributed by atoms with Crippen molar-refractivity contribution in [3.63, 3.8) is 0 Å². The van der Waals surface area contributed by atoms with Crippen LogP contribution >= 0.6 is 45.3 Å². The van der Waals surface area contributed by atoms with Crippen LogP contribution in [0, 0.1) is 22.1 Å². The summed E-state index contributed by atoms with van der Waals surface area (Å²) in [7, 11) is 3.96. The zero-order chi connectivity index (χ0) is 92.5. The number of para-hydroxylation sites is 1. The summed E-state index contributed by atoms with van der Waals surface area (Å²) in [5, 5.41) is 13.8. The van der Waals surface area contributed by atoms with Gasteiger partial charge >= 0.3 is 0 Å². The van der Waals surface area contributed by atoms with E-state index >= 15 is 0 Å². The Bertz CT molecular complexity index is 5990. The van der Waals surface area contributed by atoms with Crippen molar-refractivity contribution in [2.24, 2.45) is 16.2 Å². The number of carbonyl (C=O) groups is 5. The first-order valence-electron chi connectivity index (χ1n) is 47.9. The molecule has 1 unspecified atom stereocenters. The van der Waals surface area contributed by atoms with Crippen molar-refractivity contribution in [1.29, 1.82) is 0 Å². The second-order valence-electron chi connectivity index (χ2n) is 40.7. The first kappa shape index (κ1) is 92.7. The van der Waals surface area contributed by atoms with Crippen molar-refractivity contribution in [1.82, 2.24) is 45.4 Å². The third-order valence-corrected chi connectivity index (χ3v) is 31.8. The number of fused-ring (bicyclic) bond motifs is 8. The number of ketones is 3. The first-order chi connectivity index (χ1) is 64.1. The minimum atomic E-state index is -0.294. The number of anilines is 8. The van der Waals surface area contributed by atoms with Crippen LogP contribution in [-0.2, 0) is 49.7 Å². The summed E-state index contributed by atoms with van der Waals surface area (Å²) in [6.45, 7) is 27.5. The fraction of sp³-hybridized carbons (Fsp3) is 0.449. The Morgan fingerprint density at radius 3 is 1.73 bits per heavy atom. The summed E-state index contributed by atoms with van der Waals surface area (Å²) in [6, 6.07) is 48.6. The molecule has 26 heteroatoms. The van der Waals surface area contributed by atoms with Crippen LogP contribution in [0.1, 0.15) is 245 Å². The number of aromatic nitrogens is 6. The molecule has 6 aromatic carbocycles. The molecule has 13 heterocycles. The SMILES string of the molecule is CC1(C)CC(=O)c2sc(N3CCCCC3)nc2C1.CC1(C)CC(=O)c2sc(N3CCCc4ccc(-c5ccccc5)cc43)nc2C1.CC1(C)CNC(=O)c2sc(N3CCCC[C@@H]3CC3CNc4ccccc43)nc2C1.CC1(C)Cc2nc(N3CCCc4ccc(-c5ccccc5)cc43)sc2C(=O)N1.CN(C)CCCC(=O)c1nc(-c2cc(F)cc3c2C=CC3)cc(N2CCOCC2)n1. The average molecular weight is 1860 g/mol. The third-order valence-electron chi connectivity index (χ3n) is 27.2. The number of morpholine rings is 1. The number of halogens is 1. The van der Waals surface area contributed by atoms with Crippen LogP contribution in [0.25, 0.3) is 39.6 Å². The molecular weight excluding hydrogens is 1740 g/mol. The molecule has 22 rings (SSSR count). The lowest BCUT2D eigenvalue weighted by Gasteiger charge is -2.37. The number of rotatable bonds is 15. The zero-order valence-electron chi connectivity index (χ0n) is 78.5. The number of amides is 2. The van der Waals surface area contributed by atoms with E-state index in [0.717, 1.165) is 184 Å². The molecule has 3 saturated heterocycles. The number of hydrogen-bond acceptors (Lipinski definition) is 23. The summed E-state index contributed by atoms with van der Waals surface area (Å²) < 4.78 is 19.7. The monoisotopic (exact) mass is 1860 g/mol. The number of nitrogens with one attached hydrogen (secondary N) is 3. The van der Waals surface area contributed by atoms with Gasteiger partial charge in [0.1, 0.15) is 21.4 Å². The lowest BCUT2D eigenvalue weighted by Crippen LogP contribution is -2.48. The molecule has 5 aromatic heterocycles. The van der Waals surface area contributed by atoms with Crippen LogP contribution < -0.4 is 40.4 Å². The maximum atomic E-state index is 14.3. The molecule has 8 aliphatic heterocycles. The highest BCUT2D eigenvalue weighted by atomic mass is 32.1. The van der Waals surface area contributed by atoms with Crippen molar-refractivity contribution in [2.75, 3.05) is 123 Å². The molecule has 0 bridgehead atoms. The predicted octanol–water partition coefficient (Wildman–Crippen LogP) is 21.9. The number of aryl methyl sites for hydroxylation is 2. The van der Waals surface area contributed by atoms with E-state index in [0.29, 0.717) is 93.3 Å². The fourth-order valence-corrected chi connectivity index (χ4v) is 24.7. The minimum absolute atomic E-state index is 0.00488. The third kappa shape index (κ3) is 21.5. The number of hydrogen-bond donors (Lipinski definition) is 3. The predicted molar refractivity (Wildman–Crippen MR) is 539 cm³/mol. The fourth-order valence-electron chi connectivity index (χ4n) is 20.4. The Balaban J connectivity index is 0.000000112. The Hall–Kier alpha value is -10.7. The van der Waals surface area contributed by atoms with Crippen molar-refractivity contribution < 1.29 is 33.1 Å². The highest BCUT2D eigenvalue weighted by molar-refractivity contribution is 7.18. The van der Waals surface area contributed by atoms with Gasteiger partial charge in [0.25, 0.3) is 11.8 Å². The molecule has 11 aromatic rings. The summed E-state index contributed by atoms with van der Waals surface area (Å²) in [5.74, 6) is 1.67. The van der Waals surface area contributed by atoms with E-state index in [4.69, 9.17) is 24.7 Å². The Labute approximate surface area is 798 Å². The van der Waals surface area contributed by atoms with Crippen LogP contribution in [0.2, 0.25) is 0 Å². The molecule has 21 nitrogen and oxygen atoms in total. The number of piperidine rings is 2. The van der Waals surface area contributed by atoms with Crippen LogP contribution in [0.15, 0.2) is 146 Å². The van der Waals surface area contributed by atoms with Crippen LogP contribution in [0.5, 0.6) is 0 Å². The number of ether oxygens (including phenoxy) is 1. The number of benzene rings is 6. The number of carbonyl (C=O) groups excluding carboxylic acids is 5. The second-order valence-corrected chi connectivity index (χ2v) is 44.6. The topological polar surface area (TPSA) is 227 Å². The van der Waals surface area contributed by atoms with Gasteiger partial charge in [0.2, 0.25) is 0 Å². The molecule has 2 atom stereocenters. The lowest BCUT2D eigenvalue weighted by molar-refractivity contribution is 0.0894. The molecule has 0 radical (unpaired) electrons. The highest BCUT2D eigenvalue weighted by Gasteiger charge is 2.41. The normalized spacial score (nSPS) is 19.7. The van der Waals surface area contributed by atoms with E-state index in [-0.39, 0.29) is 56.8 Å². The van der Waals surface area contributed by atoms with Gasteiger partial charge in [0.15, 0.2) is 43.7 Å². The summed E-state index contributed by atoms with van der Waals surface area (Å²) >= 11 is 6.31. The molecule has 3 aliphatic carbocycles. The number of allylic oxidation sites excluding steroid dienone is 1. The van der Waals surface area contributed by atoms with E-state index in [9.17, 15) is 28.4 Å². The van der Waals surface area contributed by atoms with Gasteiger partial charge in [-0.3, -0.25) is 24.0 Å². The largest absolute Gasteiger partial charge is 0.384 e.